The average Bonchev–Trinajstić information content (AvgIpc) is 2.56. The molecule has 1 saturated heterocycles. The monoisotopic (exact) mass is 376 g/mol. The van der Waals surface area contributed by atoms with E-state index in [9.17, 15) is 27.2 Å². The van der Waals surface area contributed by atoms with Crippen LogP contribution in [-0.4, -0.2) is 73.6 Å². The maximum Gasteiger partial charge on any atom is 0.405 e. The van der Waals surface area contributed by atoms with Crippen LogP contribution in [0.4, 0.5) is 23.2 Å². The normalized spacial score (nSPS) is 16.3. The molecule has 0 aromatic heterocycles. The van der Waals surface area contributed by atoms with E-state index in [0.29, 0.717) is 31.9 Å². The molecule has 1 fully saturated rings. The van der Waals surface area contributed by atoms with Gasteiger partial charge in [0.15, 0.2) is 0 Å². The van der Waals surface area contributed by atoms with Gasteiger partial charge in [0.2, 0.25) is 11.8 Å². The lowest BCUT2D eigenvalue weighted by Gasteiger charge is -2.33. The average molecular weight is 376 g/mol. The lowest BCUT2D eigenvalue weighted by atomic mass is 10.3. The highest BCUT2D eigenvalue weighted by Crippen LogP contribution is 2.12. The number of rotatable bonds is 6. The van der Waals surface area contributed by atoms with Crippen molar-refractivity contribution in [2.75, 3.05) is 51.1 Å². The second kappa shape index (κ2) is 8.95. The summed E-state index contributed by atoms with van der Waals surface area (Å²) in [5, 5.41) is 4.49. The first kappa shape index (κ1) is 20.1. The summed E-state index contributed by atoms with van der Waals surface area (Å²) in [5.41, 5.74) is 0.497. The molecule has 0 radical (unpaired) electrons. The van der Waals surface area contributed by atoms with Gasteiger partial charge in [0.05, 0.1) is 13.1 Å². The fourth-order valence-corrected chi connectivity index (χ4v) is 2.50. The van der Waals surface area contributed by atoms with Crippen molar-refractivity contribution in [3.05, 3.63) is 30.1 Å². The highest BCUT2D eigenvalue weighted by molar-refractivity contribution is 5.92. The summed E-state index contributed by atoms with van der Waals surface area (Å²) in [5.74, 6) is -1.31. The van der Waals surface area contributed by atoms with E-state index in [4.69, 9.17) is 0 Å². The van der Waals surface area contributed by atoms with Crippen LogP contribution < -0.4 is 10.6 Å². The number of benzene rings is 1. The van der Waals surface area contributed by atoms with Crippen LogP contribution in [0.15, 0.2) is 24.3 Å². The molecule has 1 aliphatic rings. The van der Waals surface area contributed by atoms with Gasteiger partial charge in [-0.25, -0.2) is 4.39 Å². The summed E-state index contributed by atoms with van der Waals surface area (Å²) < 4.78 is 49.0. The Morgan fingerprint density at radius 2 is 1.42 bits per heavy atom. The summed E-state index contributed by atoms with van der Waals surface area (Å²) >= 11 is 0. The molecule has 2 amide bonds. The van der Waals surface area contributed by atoms with Gasteiger partial charge in [-0.3, -0.25) is 19.4 Å². The molecule has 0 spiro atoms. The van der Waals surface area contributed by atoms with Gasteiger partial charge in [-0.2, -0.15) is 13.2 Å². The predicted octanol–water partition coefficient (Wildman–Crippen LogP) is 1.06. The van der Waals surface area contributed by atoms with E-state index < -0.39 is 24.4 Å². The van der Waals surface area contributed by atoms with Gasteiger partial charge in [-0.1, -0.05) is 0 Å². The van der Waals surface area contributed by atoms with Gasteiger partial charge in [-0.05, 0) is 24.3 Å². The van der Waals surface area contributed by atoms with E-state index in [1.54, 1.807) is 4.90 Å². The van der Waals surface area contributed by atoms with Crippen molar-refractivity contribution in [2.45, 2.75) is 6.18 Å². The Bertz CT molecular complexity index is 614. The number of nitrogens with zero attached hydrogens (tertiary/aromatic N) is 2. The zero-order chi connectivity index (χ0) is 19.2. The van der Waals surface area contributed by atoms with Gasteiger partial charge < -0.3 is 10.6 Å². The van der Waals surface area contributed by atoms with Gasteiger partial charge in [-0.15, -0.1) is 0 Å². The van der Waals surface area contributed by atoms with Gasteiger partial charge in [0.1, 0.15) is 12.4 Å². The van der Waals surface area contributed by atoms with Crippen LogP contribution in [0.1, 0.15) is 0 Å². The molecule has 0 saturated carbocycles. The number of carbonyl (C=O) groups is 2. The maximum absolute atomic E-state index is 12.8. The minimum Gasteiger partial charge on any atom is -0.346 e. The van der Waals surface area contributed by atoms with Crippen LogP contribution in [0.3, 0.4) is 0 Å². The highest BCUT2D eigenvalue weighted by Gasteiger charge is 2.28. The molecule has 2 rings (SSSR count). The van der Waals surface area contributed by atoms with E-state index in [0.717, 1.165) is 0 Å². The summed E-state index contributed by atoms with van der Waals surface area (Å²) in [4.78, 5) is 27.1. The SMILES string of the molecule is O=C(CN1CCN(CC(=O)Nc2ccc(F)cc2)CC1)NCC(F)(F)F. The number of alkyl halides is 3. The molecular weight excluding hydrogens is 356 g/mol. The first-order valence-corrected chi connectivity index (χ1v) is 8.05. The van der Waals surface area contributed by atoms with E-state index in [1.165, 1.54) is 24.3 Å². The van der Waals surface area contributed by atoms with Crippen LogP contribution in [0, 0.1) is 5.82 Å². The number of carbonyl (C=O) groups excluding carboxylic acids is 2. The minimum absolute atomic E-state index is 0.105. The second-order valence-electron chi connectivity index (χ2n) is 6.00. The second-order valence-corrected chi connectivity index (χ2v) is 6.00. The topological polar surface area (TPSA) is 64.7 Å². The summed E-state index contributed by atoms with van der Waals surface area (Å²) in [6.45, 7) is 0.686. The van der Waals surface area contributed by atoms with Crippen molar-refractivity contribution < 1.29 is 27.2 Å². The predicted molar refractivity (Wildman–Crippen MR) is 87.0 cm³/mol. The third-order valence-electron chi connectivity index (χ3n) is 3.81. The van der Waals surface area contributed by atoms with E-state index in [-0.39, 0.29) is 19.0 Å². The van der Waals surface area contributed by atoms with E-state index in [2.05, 4.69) is 5.32 Å². The van der Waals surface area contributed by atoms with Gasteiger partial charge >= 0.3 is 6.18 Å². The molecule has 1 heterocycles. The zero-order valence-electron chi connectivity index (χ0n) is 14.0. The first-order chi connectivity index (χ1) is 12.2. The Morgan fingerprint density at radius 3 is 1.92 bits per heavy atom. The third kappa shape index (κ3) is 7.36. The van der Waals surface area contributed by atoms with E-state index in [1.807, 2.05) is 10.2 Å². The number of nitrogens with one attached hydrogen (secondary N) is 2. The quantitative estimate of drug-likeness (QED) is 0.729. The zero-order valence-corrected chi connectivity index (χ0v) is 14.0. The highest BCUT2D eigenvalue weighted by atomic mass is 19.4. The molecule has 0 aliphatic carbocycles. The van der Waals surface area contributed by atoms with Crippen molar-refractivity contribution in [3.8, 4) is 0 Å². The maximum atomic E-state index is 12.8. The molecular formula is C16H20F4N4O2. The van der Waals surface area contributed by atoms with Crippen LogP contribution in [0.2, 0.25) is 0 Å². The number of halogens is 4. The number of hydrogen-bond donors (Lipinski definition) is 2. The molecule has 6 nitrogen and oxygen atoms in total. The Morgan fingerprint density at radius 1 is 0.923 bits per heavy atom. The molecule has 10 heteroatoms. The van der Waals surface area contributed by atoms with Crippen molar-refractivity contribution in [1.82, 2.24) is 15.1 Å². The third-order valence-corrected chi connectivity index (χ3v) is 3.81. The Balaban J connectivity index is 1.67. The van der Waals surface area contributed by atoms with Crippen LogP contribution in [-0.2, 0) is 9.59 Å². The summed E-state index contributed by atoms with van der Waals surface area (Å²) in [6, 6.07) is 5.42. The lowest BCUT2D eigenvalue weighted by Crippen LogP contribution is -2.51. The molecule has 0 unspecified atom stereocenters. The summed E-state index contributed by atoms with van der Waals surface area (Å²) in [6.07, 6.45) is -4.42. The summed E-state index contributed by atoms with van der Waals surface area (Å²) in [7, 11) is 0. The van der Waals surface area contributed by atoms with Crippen LogP contribution in [0.25, 0.3) is 0 Å². The van der Waals surface area contributed by atoms with E-state index >= 15 is 0 Å². The number of piperazine rings is 1. The van der Waals surface area contributed by atoms with Crippen LogP contribution in [0.5, 0.6) is 0 Å². The fraction of sp³-hybridized carbons (Fsp3) is 0.500. The molecule has 144 valence electrons. The molecule has 0 atom stereocenters. The lowest BCUT2D eigenvalue weighted by molar-refractivity contribution is -0.139. The Kier molecular flexibility index (Phi) is 6.92. The molecule has 1 aromatic carbocycles. The molecule has 1 aliphatic heterocycles. The number of anilines is 1. The minimum atomic E-state index is -4.42. The first-order valence-electron chi connectivity index (χ1n) is 8.05. The van der Waals surface area contributed by atoms with Crippen molar-refractivity contribution >= 4 is 17.5 Å². The van der Waals surface area contributed by atoms with Crippen molar-refractivity contribution in [3.63, 3.8) is 0 Å². The number of hydrogen-bond acceptors (Lipinski definition) is 4. The standard InChI is InChI=1S/C16H20F4N4O2/c17-12-1-3-13(4-2-12)22-15(26)10-24-7-5-23(6-8-24)9-14(25)21-11-16(18,19)20/h1-4H,5-11H2,(H,21,25)(H,22,26). The largest absolute Gasteiger partial charge is 0.405 e. The van der Waals surface area contributed by atoms with Crippen LogP contribution >= 0.6 is 0 Å². The number of amides is 2. The molecule has 26 heavy (non-hydrogen) atoms. The van der Waals surface area contributed by atoms with Crippen molar-refractivity contribution in [2.24, 2.45) is 0 Å². The fourth-order valence-electron chi connectivity index (χ4n) is 2.50. The Hall–Kier alpha value is -2.20. The molecule has 1 aromatic rings. The van der Waals surface area contributed by atoms with Gasteiger partial charge in [0, 0.05) is 31.9 Å². The molecule has 0 bridgehead atoms. The molecule has 2 N–H and O–H groups in total. The van der Waals surface area contributed by atoms with Gasteiger partial charge in [0.25, 0.3) is 0 Å². The smallest absolute Gasteiger partial charge is 0.346 e. The van der Waals surface area contributed by atoms with Crippen molar-refractivity contribution in [1.29, 1.82) is 0 Å². The Labute approximate surface area is 148 Å².